The first-order valence-electron chi connectivity index (χ1n) is 6.41. The monoisotopic (exact) mass is 243 g/mol. The molecular formula is C15H21N3. The van der Waals surface area contributed by atoms with Gasteiger partial charge in [-0.1, -0.05) is 18.2 Å². The predicted octanol–water partition coefficient (Wildman–Crippen LogP) is 2.72. The smallest absolute Gasteiger partial charge is 0.0726 e. The molecule has 0 aliphatic heterocycles. The van der Waals surface area contributed by atoms with Crippen molar-refractivity contribution in [2.45, 2.75) is 26.3 Å². The average Bonchev–Trinajstić information content (AvgIpc) is 2.34. The minimum atomic E-state index is 0.238. The molecule has 3 heteroatoms. The van der Waals surface area contributed by atoms with Crippen LogP contribution in [0.15, 0.2) is 30.3 Å². The van der Waals surface area contributed by atoms with Crippen LogP contribution in [0.1, 0.15) is 19.0 Å². The van der Waals surface area contributed by atoms with E-state index in [4.69, 9.17) is 5.73 Å². The highest BCUT2D eigenvalue weighted by Gasteiger charge is 2.08. The largest absolute Gasteiger partial charge is 0.374 e. The van der Waals surface area contributed by atoms with Crippen LogP contribution in [0.4, 0.5) is 5.69 Å². The van der Waals surface area contributed by atoms with Crippen LogP contribution in [0.2, 0.25) is 0 Å². The molecule has 0 saturated carbocycles. The maximum atomic E-state index is 5.82. The van der Waals surface area contributed by atoms with Gasteiger partial charge in [0.2, 0.25) is 0 Å². The van der Waals surface area contributed by atoms with E-state index in [0.29, 0.717) is 0 Å². The minimum Gasteiger partial charge on any atom is -0.374 e. The first kappa shape index (κ1) is 12.8. The molecule has 0 aliphatic carbocycles. The molecule has 0 bridgehead atoms. The molecule has 0 aliphatic rings. The lowest BCUT2D eigenvalue weighted by atomic mass is 10.1. The van der Waals surface area contributed by atoms with Crippen molar-refractivity contribution in [3.05, 3.63) is 36.0 Å². The molecule has 2 aromatic rings. The fourth-order valence-corrected chi connectivity index (χ4v) is 2.12. The third kappa shape index (κ3) is 2.79. The molecule has 2 N–H and O–H groups in total. The normalized spacial score (nSPS) is 12.7. The first-order chi connectivity index (χ1) is 8.58. The number of anilines is 1. The summed E-state index contributed by atoms with van der Waals surface area (Å²) in [6.45, 7) is 5.05. The highest BCUT2D eigenvalue weighted by atomic mass is 15.1. The van der Waals surface area contributed by atoms with Crippen molar-refractivity contribution in [1.82, 2.24) is 4.98 Å². The van der Waals surface area contributed by atoms with Gasteiger partial charge < -0.3 is 10.6 Å². The molecule has 0 saturated heterocycles. The number of hydrogen-bond donors (Lipinski definition) is 1. The number of fused-ring (bicyclic) bond motifs is 1. The van der Waals surface area contributed by atoms with Gasteiger partial charge in [-0.3, -0.25) is 4.98 Å². The van der Waals surface area contributed by atoms with E-state index < -0.39 is 0 Å². The second kappa shape index (κ2) is 5.36. The molecule has 1 unspecified atom stereocenters. The Bertz CT molecular complexity index is 534. The summed E-state index contributed by atoms with van der Waals surface area (Å²) in [5.74, 6) is 0. The Morgan fingerprint density at radius 2 is 2.06 bits per heavy atom. The first-order valence-corrected chi connectivity index (χ1v) is 6.41. The van der Waals surface area contributed by atoms with Crippen LogP contribution in [-0.2, 0) is 0 Å². The van der Waals surface area contributed by atoms with E-state index in [-0.39, 0.29) is 6.04 Å². The van der Waals surface area contributed by atoms with Gasteiger partial charge in [-0.15, -0.1) is 0 Å². The standard InChI is InChI=1S/C15H21N3/c1-11(16)8-9-18(3)15-10-12(2)17-14-7-5-4-6-13(14)15/h4-7,10-11H,8-9,16H2,1-3H3. The number of rotatable bonds is 4. The van der Waals surface area contributed by atoms with Gasteiger partial charge in [0.1, 0.15) is 0 Å². The zero-order chi connectivity index (χ0) is 13.1. The Morgan fingerprint density at radius 3 is 2.78 bits per heavy atom. The molecule has 1 aromatic heterocycles. The van der Waals surface area contributed by atoms with Gasteiger partial charge >= 0.3 is 0 Å². The van der Waals surface area contributed by atoms with Gasteiger partial charge in [-0.05, 0) is 32.4 Å². The summed E-state index contributed by atoms with van der Waals surface area (Å²) in [4.78, 5) is 6.83. The summed E-state index contributed by atoms with van der Waals surface area (Å²) in [6, 6.07) is 10.7. The van der Waals surface area contributed by atoms with E-state index >= 15 is 0 Å². The lowest BCUT2D eigenvalue weighted by Gasteiger charge is -2.22. The summed E-state index contributed by atoms with van der Waals surface area (Å²) in [6.07, 6.45) is 0.992. The van der Waals surface area contributed by atoms with Gasteiger partial charge in [0.05, 0.1) is 5.52 Å². The quantitative estimate of drug-likeness (QED) is 0.897. The number of pyridine rings is 1. The highest BCUT2D eigenvalue weighted by molar-refractivity contribution is 5.91. The zero-order valence-electron chi connectivity index (χ0n) is 11.4. The Labute approximate surface area is 109 Å². The van der Waals surface area contributed by atoms with Gasteiger partial charge in [-0.2, -0.15) is 0 Å². The Kier molecular flexibility index (Phi) is 3.82. The Morgan fingerprint density at radius 1 is 1.33 bits per heavy atom. The van der Waals surface area contributed by atoms with Crippen LogP contribution in [0, 0.1) is 6.92 Å². The van der Waals surface area contributed by atoms with Gasteiger partial charge in [0, 0.05) is 36.4 Å². The van der Waals surface area contributed by atoms with Gasteiger partial charge in [0.15, 0.2) is 0 Å². The van der Waals surface area contributed by atoms with E-state index in [9.17, 15) is 0 Å². The molecule has 1 heterocycles. The fraction of sp³-hybridized carbons (Fsp3) is 0.400. The molecule has 3 nitrogen and oxygen atoms in total. The molecule has 0 amide bonds. The van der Waals surface area contributed by atoms with Crippen molar-refractivity contribution < 1.29 is 0 Å². The maximum Gasteiger partial charge on any atom is 0.0726 e. The lowest BCUT2D eigenvalue weighted by Crippen LogP contribution is -2.26. The molecule has 0 fully saturated rings. The molecule has 96 valence electrons. The third-order valence-corrected chi connectivity index (χ3v) is 3.15. The number of para-hydroxylation sites is 1. The van der Waals surface area contributed by atoms with Crippen LogP contribution in [-0.4, -0.2) is 24.6 Å². The number of aryl methyl sites for hydroxylation is 1. The summed E-state index contributed by atoms with van der Waals surface area (Å²) >= 11 is 0. The summed E-state index contributed by atoms with van der Waals surface area (Å²) in [7, 11) is 2.11. The molecule has 1 atom stereocenters. The van der Waals surface area contributed by atoms with Gasteiger partial charge in [0.25, 0.3) is 0 Å². The van der Waals surface area contributed by atoms with Crippen molar-refractivity contribution in [3.63, 3.8) is 0 Å². The Balaban J connectivity index is 2.36. The van der Waals surface area contributed by atoms with Crippen molar-refractivity contribution in [2.24, 2.45) is 5.73 Å². The average molecular weight is 243 g/mol. The molecule has 0 radical (unpaired) electrons. The van der Waals surface area contributed by atoms with Crippen molar-refractivity contribution in [1.29, 1.82) is 0 Å². The number of nitrogens with two attached hydrogens (primary N) is 1. The second-order valence-corrected chi connectivity index (χ2v) is 4.99. The van der Waals surface area contributed by atoms with Crippen molar-refractivity contribution in [3.8, 4) is 0 Å². The topological polar surface area (TPSA) is 42.1 Å². The van der Waals surface area contributed by atoms with Crippen LogP contribution in [0.5, 0.6) is 0 Å². The number of benzene rings is 1. The molecule has 2 rings (SSSR count). The summed E-state index contributed by atoms with van der Waals surface area (Å²) < 4.78 is 0. The maximum absolute atomic E-state index is 5.82. The Hall–Kier alpha value is -1.61. The van der Waals surface area contributed by atoms with E-state index in [1.807, 2.05) is 19.9 Å². The van der Waals surface area contributed by atoms with Crippen LogP contribution >= 0.6 is 0 Å². The van der Waals surface area contributed by atoms with E-state index in [2.05, 4.69) is 41.2 Å². The summed E-state index contributed by atoms with van der Waals surface area (Å²) in [5.41, 5.74) is 9.17. The lowest BCUT2D eigenvalue weighted by molar-refractivity contribution is 0.659. The van der Waals surface area contributed by atoms with Gasteiger partial charge in [-0.25, -0.2) is 0 Å². The van der Waals surface area contributed by atoms with Crippen molar-refractivity contribution in [2.75, 3.05) is 18.5 Å². The fourth-order valence-electron chi connectivity index (χ4n) is 2.12. The molecule has 18 heavy (non-hydrogen) atoms. The minimum absolute atomic E-state index is 0.238. The molecule has 0 spiro atoms. The highest BCUT2D eigenvalue weighted by Crippen LogP contribution is 2.25. The van der Waals surface area contributed by atoms with Crippen LogP contribution < -0.4 is 10.6 Å². The van der Waals surface area contributed by atoms with E-state index in [1.54, 1.807) is 0 Å². The number of aromatic nitrogens is 1. The molecular weight excluding hydrogens is 222 g/mol. The predicted molar refractivity (Wildman–Crippen MR) is 78.0 cm³/mol. The molecule has 1 aromatic carbocycles. The zero-order valence-corrected chi connectivity index (χ0v) is 11.4. The SMILES string of the molecule is Cc1cc(N(C)CCC(C)N)c2ccccc2n1. The van der Waals surface area contributed by atoms with E-state index in [1.165, 1.54) is 11.1 Å². The second-order valence-electron chi connectivity index (χ2n) is 4.99. The summed E-state index contributed by atoms with van der Waals surface area (Å²) in [5, 5.41) is 1.20. The van der Waals surface area contributed by atoms with Crippen molar-refractivity contribution >= 4 is 16.6 Å². The van der Waals surface area contributed by atoms with Crippen LogP contribution in [0.3, 0.4) is 0 Å². The van der Waals surface area contributed by atoms with Crippen LogP contribution in [0.25, 0.3) is 10.9 Å². The number of hydrogen-bond acceptors (Lipinski definition) is 3. The number of nitrogens with zero attached hydrogens (tertiary/aromatic N) is 2. The third-order valence-electron chi connectivity index (χ3n) is 3.15. The van der Waals surface area contributed by atoms with E-state index in [0.717, 1.165) is 24.2 Å².